The Bertz CT molecular complexity index is 545. The summed E-state index contributed by atoms with van der Waals surface area (Å²) >= 11 is 1.27. The second-order valence-corrected chi connectivity index (χ2v) is 4.42. The van der Waals surface area contributed by atoms with Gasteiger partial charge in [0.2, 0.25) is 5.78 Å². The SMILES string of the molecule is CCc1ncsc1C(=O)NCC(=O)c1ccco1. The number of nitrogens with one attached hydrogen (secondary N) is 1. The van der Waals surface area contributed by atoms with Crippen LogP contribution < -0.4 is 5.32 Å². The lowest BCUT2D eigenvalue weighted by atomic mass is 10.2. The zero-order valence-corrected chi connectivity index (χ0v) is 10.6. The third kappa shape index (κ3) is 2.65. The molecule has 0 fully saturated rings. The Morgan fingerprint density at radius 3 is 3.00 bits per heavy atom. The minimum atomic E-state index is -0.269. The number of aryl methyl sites for hydroxylation is 1. The molecule has 18 heavy (non-hydrogen) atoms. The molecule has 0 bridgehead atoms. The molecule has 0 aliphatic carbocycles. The van der Waals surface area contributed by atoms with Gasteiger partial charge in [-0.1, -0.05) is 6.92 Å². The van der Waals surface area contributed by atoms with Crippen LogP contribution in [0.25, 0.3) is 0 Å². The Morgan fingerprint density at radius 2 is 2.33 bits per heavy atom. The fraction of sp³-hybridized carbons (Fsp3) is 0.250. The lowest BCUT2D eigenvalue weighted by Crippen LogP contribution is -2.29. The van der Waals surface area contributed by atoms with Crippen molar-refractivity contribution in [1.29, 1.82) is 0 Å². The van der Waals surface area contributed by atoms with Gasteiger partial charge < -0.3 is 9.73 Å². The van der Waals surface area contributed by atoms with E-state index in [0.29, 0.717) is 11.3 Å². The molecule has 0 unspecified atom stereocenters. The van der Waals surface area contributed by atoms with Gasteiger partial charge in [-0.25, -0.2) is 4.98 Å². The van der Waals surface area contributed by atoms with Gasteiger partial charge in [-0.15, -0.1) is 11.3 Å². The van der Waals surface area contributed by atoms with E-state index in [9.17, 15) is 9.59 Å². The van der Waals surface area contributed by atoms with Crippen molar-refractivity contribution in [3.05, 3.63) is 40.2 Å². The van der Waals surface area contributed by atoms with Crippen LogP contribution in [0.3, 0.4) is 0 Å². The maximum atomic E-state index is 11.8. The van der Waals surface area contributed by atoms with Gasteiger partial charge in [0.25, 0.3) is 5.91 Å². The number of carbonyl (C=O) groups excluding carboxylic acids is 2. The predicted octanol–water partition coefficient (Wildman–Crippen LogP) is 1.91. The van der Waals surface area contributed by atoms with E-state index in [1.165, 1.54) is 17.6 Å². The normalized spacial score (nSPS) is 10.3. The van der Waals surface area contributed by atoms with E-state index >= 15 is 0 Å². The van der Waals surface area contributed by atoms with E-state index in [1.807, 2.05) is 6.92 Å². The van der Waals surface area contributed by atoms with Crippen molar-refractivity contribution < 1.29 is 14.0 Å². The van der Waals surface area contributed by atoms with Crippen LogP contribution in [0.5, 0.6) is 0 Å². The Hall–Kier alpha value is -1.95. The first kappa shape index (κ1) is 12.5. The van der Waals surface area contributed by atoms with Crippen LogP contribution in [0.2, 0.25) is 0 Å². The van der Waals surface area contributed by atoms with Gasteiger partial charge in [0.15, 0.2) is 5.76 Å². The zero-order chi connectivity index (χ0) is 13.0. The average Bonchev–Trinajstić information content (AvgIpc) is 3.04. The molecule has 0 atom stereocenters. The molecule has 1 N–H and O–H groups in total. The summed E-state index contributed by atoms with van der Waals surface area (Å²) in [6.45, 7) is 1.85. The van der Waals surface area contributed by atoms with Crippen LogP contribution in [0.4, 0.5) is 0 Å². The number of ketones is 1. The Kier molecular flexibility index (Phi) is 3.88. The van der Waals surface area contributed by atoms with Gasteiger partial charge in [-0.3, -0.25) is 9.59 Å². The number of amides is 1. The highest BCUT2D eigenvalue weighted by atomic mass is 32.1. The van der Waals surface area contributed by atoms with E-state index < -0.39 is 0 Å². The predicted molar refractivity (Wildman–Crippen MR) is 66.9 cm³/mol. The highest BCUT2D eigenvalue weighted by Crippen LogP contribution is 2.13. The molecule has 0 saturated heterocycles. The number of nitrogens with zero attached hydrogens (tertiary/aromatic N) is 1. The Labute approximate surface area is 108 Å². The number of aromatic nitrogens is 1. The van der Waals surface area contributed by atoms with E-state index in [2.05, 4.69) is 10.3 Å². The van der Waals surface area contributed by atoms with Gasteiger partial charge >= 0.3 is 0 Å². The van der Waals surface area contributed by atoms with Crippen molar-refractivity contribution in [1.82, 2.24) is 10.3 Å². The van der Waals surface area contributed by atoms with E-state index in [0.717, 1.165) is 5.69 Å². The highest BCUT2D eigenvalue weighted by Gasteiger charge is 2.15. The van der Waals surface area contributed by atoms with Crippen LogP contribution in [-0.2, 0) is 6.42 Å². The fourth-order valence-electron chi connectivity index (χ4n) is 1.47. The molecule has 0 radical (unpaired) electrons. The lowest BCUT2D eigenvalue weighted by molar-refractivity contribution is 0.0894. The fourth-order valence-corrected chi connectivity index (χ4v) is 2.27. The maximum Gasteiger partial charge on any atom is 0.263 e. The number of carbonyl (C=O) groups is 2. The van der Waals surface area contributed by atoms with Gasteiger partial charge in [-0.2, -0.15) is 0 Å². The van der Waals surface area contributed by atoms with Crippen molar-refractivity contribution in [2.75, 3.05) is 6.54 Å². The van der Waals surface area contributed by atoms with Crippen molar-refractivity contribution >= 4 is 23.0 Å². The molecule has 2 aromatic rings. The molecule has 0 spiro atoms. The first-order valence-electron chi connectivity index (χ1n) is 5.49. The molecule has 0 aliphatic heterocycles. The summed E-state index contributed by atoms with van der Waals surface area (Å²) in [4.78, 5) is 28.1. The summed E-state index contributed by atoms with van der Waals surface area (Å²) in [5, 5.41) is 2.57. The number of Topliss-reactive ketones (excluding diaryl/α,β-unsaturated/α-hetero) is 1. The molecule has 6 heteroatoms. The molecule has 0 saturated carbocycles. The summed E-state index contributed by atoms with van der Waals surface area (Å²) in [7, 11) is 0. The number of furan rings is 1. The monoisotopic (exact) mass is 264 g/mol. The maximum absolute atomic E-state index is 11.8. The van der Waals surface area contributed by atoms with Crippen LogP contribution >= 0.6 is 11.3 Å². The van der Waals surface area contributed by atoms with Crippen molar-refractivity contribution in [3.63, 3.8) is 0 Å². The van der Waals surface area contributed by atoms with Gasteiger partial charge in [0.1, 0.15) is 4.88 Å². The van der Waals surface area contributed by atoms with Crippen LogP contribution in [-0.4, -0.2) is 23.2 Å². The second-order valence-electron chi connectivity index (χ2n) is 3.56. The topological polar surface area (TPSA) is 72.2 Å². The van der Waals surface area contributed by atoms with Crippen LogP contribution in [0.1, 0.15) is 32.8 Å². The molecule has 1 amide bonds. The quantitative estimate of drug-likeness (QED) is 0.837. The standard InChI is InChI=1S/C12H12N2O3S/c1-2-8-11(18-7-14-8)12(16)13-6-9(15)10-4-3-5-17-10/h3-5,7H,2,6H2,1H3,(H,13,16). The number of rotatable bonds is 5. The van der Waals surface area contributed by atoms with Gasteiger partial charge in [-0.05, 0) is 18.6 Å². The molecule has 5 nitrogen and oxygen atoms in total. The van der Waals surface area contributed by atoms with Gasteiger partial charge in [0, 0.05) is 0 Å². The first-order chi connectivity index (χ1) is 8.72. The van der Waals surface area contributed by atoms with Crippen molar-refractivity contribution in [2.24, 2.45) is 0 Å². The third-order valence-electron chi connectivity index (χ3n) is 2.39. The Morgan fingerprint density at radius 1 is 1.50 bits per heavy atom. The second kappa shape index (κ2) is 5.59. The molecule has 94 valence electrons. The molecule has 0 aliphatic rings. The molecular formula is C12H12N2O3S. The third-order valence-corrected chi connectivity index (χ3v) is 3.26. The lowest BCUT2D eigenvalue weighted by Gasteiger charge is -2.02. The van der Waals surface area contributed by atoms with Crippen molar-refractivity contribution in [2.45, 2.75) is 13.3 Å². The summed E-state index contributed by atoms with van der Waals surface area (Å²) in [5.74, 6) is -0.277. The molecule has 2 aromatic heterocycles. The summed E-state index contributed by atoms with van der Waals surface area (Å²) < 4.78 is 4.95. The Balaban J connectivity index is 1.95. The molecular weight excluding hydrogens is 252 g/mol. The summed E-state index contributed by atoms with van der Waals surface area (Å²) in [6.07, 6.45) is 2.12. The van der Waals surface area contributed by atoms with Crippen molar-refractivity contribution in [3.8, 4) is 0 Å². The van der Waals surface area contributed by atoms with Gasteiger partial charge in [0.05, 0.1) is 24.0 Å². The summed E-state index contributed by atoms with van der Waals surface area (Å²) in [5.41, 5.74) is 2.38. The van der Waals surface area contributed by atoms with E-state index in [1.54, 1.807) is 17.6 Å². The zero-order valence-electron chi connectivity index (χ0n) is 9.80. The summed E-state index contributed by atoms with van der Waals surface area (Å²) in [6, 6.07) is 3.20. The van der Waals surface area contributed by atoms with Crippen LogP contribution in [0.15, 0.2) is 28.3 Å². The first-order valence-corrected chi connectivity index (χ1v) is 6.37. The molecule has 2 rings (SSSR count). The number of hydrogen-bond donors (Lipinski definition) is 1. The number of thiazole rings is 1. The molecule has 2 heterocycles. The largest absolute Gasteiger partial charge is 0.461 e. The number of hydrogen-bond acceptors (Lipinski definition) is 5. The average molecular weight is 264 g/mol. The minimum Gasteiger partial charge on any atom is -0.461 e. The van der Waals surface area contributed by atoms with E-state index in [-0.39, 0.29) is 24.0 Å². The smallest absolute Gasteiger partial charge is 0.263 e. The van der Waals surface area contributed by atoms with Crippen LogP contribution in [0, 0.1) is 0 Å². The highest BCUT2D eigenvalue weighted by molar-refractivity contribution is 7.11. The minimum absolute atomic E-state index is 0.0760. The van der Waals surface area contributed by atoms with E-state index in [4.69, 9.17) is 4.42 Å². The molecule has 0 aromatic carbocycles.